The monoisotopic (exact) mass is 202 g/mol. The highest BCUT2D eigenvalue weighted by atomic mass is 15.0. The van der Waals surface area contributed by atoms with Crippen LogP contribution in [0.2, 0.25) is 0 Å². The molecule has 0 amide bonds. The summed E-state index contributed by atoms with van der Waals surface area (Å²) in [6, 6.07) is 5.59. The average molecular weight is 202 g/mol. The zero-order chi connectivity index (χ0) is 10.1. The van der Waals surface area contributed by atoms with E-state index in [-0.39, 0.29) is 0 Å². The van der Waals surface area contributed by atoms with Crippen LogP contribution in [-0.4, -0.2) is 11.0 Å². The van der Waals surface area contributed by atoms with Gasteiger partial charge >= 0.3 is 0 Å². The lowest BCUT2D eigenvalue weighted by Gasteiger charge is -2.33. The molecule has 1 aromatic rings. The number of aryl methyl sites for hydroxylation is 1. The Morgan fingerprint density at radius 3 is 2.93 bits per heavy atom. The molecule has 1 unspecified atom stereocenters. The van der Waals surface area contributed by atoms with Crippen molar-refractivity contribution in [2.75, 3.05) is 0 Å². The topological polar surface area (TPSA) is 24.9 Å². The van der Waals surface area contributed by atoms with Crippen LogP contribution in [-0.2, 0) is 6.42 Å². The first-order chi connectivity index (χ1) is 7.43. The summed E-state index contributed by atoms with van der Waals surface area (Å²) in [6.07, 6.45) is 9.84. The summed E-state index contributed by atoms with van der Waals surface area (Å²) >= 11 is 0. The molecule has 2 nitrogen and oxygen atoms in total. The van der Waals surface area contributed by atoms with Crippen LogP contribution in [0.3, 0.4) is 0 Å². The van der Waals surface area contributed by atoms with E-state index in [0.717, 1.165) is 6.04 Å². The van der Waals surface area contributed by atoms with Gasteiger partial charge in [0, 0.05) is 18.3 Å². The van der Waals surface area contributed by atoms with Gasteiger partial charge in [0.2, 0.25) is 0 Å². The molecule has 1 heterocycles. The van der Waals surface area contributed by atoms with E-state index in [9.17, 15) is 0 Å². The van der Waals surface area contributed by atoms with Crippen molar-refractivity contribution in [3.05, 3.63) is 29.6 Å². The predicted molar refractivity (Wildman–Crippen MR) is 60.7 cm³/mol. The lowest BCUT2D eigenvalue weighted by Crippen LogP contribution is -2.39. The van der Waals surface area contributed by atoms with Crippen LogP contribution in [0, 0.1) is 0 Å². The average Bonchev–Trinajstić information content (AvgIpc) is 2.23. The minimum Gasteiger partial charge on any atom is -0.306 e. The van der Waals surface area contributed by atoms with Crippen molar-refractivity contribution in [1.29, 1.82) is 0 Å². The van der Waals surface area contributed by atoms with Gasteiger partial charge in [-0.15, -0.1) is 0 Å². The van der Waals surface area contributed by atoms with Crippen molar-refractivity contribution in [2.45, 2.75) is 50.6 Å². The molecule has 2 aliphatic carbocycles. The highest BCUT2D eigenvalue weighted by Gasteiger charge is 2.26. The van der Waals surface area contributed by atoms with Crippen molar-refractivity contribution < 1.29 is 0 Å². The third kappa shape index (κ3) is 1.78. The number of rotatable bonds is 2. The Bertz CT molecular complexity index is 344. The summed E-state index contributed by atoms with van der Waals surface area (Å²) in [5.41, 5.74) is 2.77. The fraction of sp³-hybridized carbons (Fsp3) is 0.615. The molecule has 1 N–H and O–H groups in total. The summed E-state index contributed by atoms with van der Waals surface area (Å²) in [7, 11) is 0. The maximum atomic E-state index is 4.55. The second kappa shape index (κ2) is 3.93. The first-order valence-electron chi connectivity index (χ1n) is 6.13. The van der Waals surface area contributed by atoms with E-state index >= 15 is 0 Å². The molecule has 1 saturated carbocycles. The molecular weight excluding hydrogens is 184 g/mol. The Morgan fingerprint density at radius 2 is 2.13 bits per heavy atom. The molecule has 2 heteroatoms. The second-order valence-corrected chi connectivity index (χ2v) is 4.79. The van der Waals surface area contributed by atoms with Crippen LogP contribution in [0.5, 0.6) is 0 Å². The van der Waals surface area contributed by atoms with Gasteiger partial charge in [0.15, 0.2) is 0 Å². The van der Waals surface area contributed by atoms with Gasteiger partial charge < -0.3 is 5.32 Å². The fourth-order valence-electron chi connectivity index (χ4n) is 2.63. The highest BCUT2D eigenvalue weighted by molar-refractivity contribution is 5.25. The van der Waals surface area contributed by atoms with Crippen molar-refractivity contribution in [3.8, 4) is 0 Å². The van der Waals surface area contributed by atoms with Crippen LogP contribution in [0.4, 0.5) is 0 Å². The Hall–Kier alpha value is -0.890. The Morgan fingerprint density at radius 1 is 1.20 bits per heavy atom. The molecule has 1 fully saturated rings. The number of pyridine rings is 1. The number of hydrogen-bond acceptors (Lipinski definition) is 2. The normalized spacial score (nSPS) is 25.7. The van der Waals surface area contributed by atoms with Gasteiger partial charge in [0.25, 0.3) is 0 Å². The van der Waals surface area contributed by atoms with Gasteiger partial charge in [-0.25, -0.2) is 0 Å². The largest absolute Gasteiger partial charge is 0.306 e. The van der Waals surface area contributed by atoms with E-state index in [0.29, 0.717) is 6.04 Å². The van der Waals surface area contributed by atoms with E-state index < -0.39 is 0 Å². The summed E-state index contributed by atoms with van der Waals surface area (Å²) in [5, 5.41) is 3.75. The maximum Gasteiger partial charge on any atom is 0.0605 e. The Labute approximate surface area is 91.1 Å². The van der Waals surface area contributed by atoms with Crippen molar-refractivity contribution >= 4 is 0 Å². The smallest absolute Gasteiger partial charge is 0.0605 e. The van der Waals surface area contributed by atoms with Gasteiger partial charge in [0.1, 0.15) is 0 Å². The van der Waals surface area contributed by atoms with E-state index in [1.807, 2.05) is 6.20 Å². The van der Waals surface area contributed by atoms with Crippen LogP contribution in [0.15, 0.2) is 18.3 Å². The minimum absolute atomic E-state index is 0.528. The zero-order valence-corrected chi connectivity index (χ0v) is 9.08. The number of aromatic nitrogens is 1. The molecule has 80 valence electrons. The third-order valence-electron chi connectivity index (χ3n) is 3.74. The molecule has 1 aromatic heterocycles. The summed E-state index contributed by atoms with van der Waals surface area (Å²) in [4.78, 5) is 4.55. The van der Waals surface area contributed by atoms with Crippen molar-refractivity contribution in [3.63, 3.8) is 0 Å². The Balaban J connectivity index is 1.79. The first-order valence-corrected chi connectivity index (χ1v) is 6.13. The number of nitrogens with one attached hydrogen (secondary N) is 1. The van der Waals surface area contributed by atoms with Gasteiger partial charge in [0.05, 0.1) is 5.69 Å². The van der Waals surface area contributed by atoms with Crippen LogP contribution >= 0.6 is 0 Å². The number of nitrogens with zero attached hydrogens (tertiary/aromatic N) is 1. The Kier molecular flexibility index (Phi) is 2.45. The summed E-state index contributed by atoms with van der Waals surface area (Å²) < 4.78 is 0. The fourth-order valence-corrected chi connectivity index (χ4v) is 2.63. The molecule has 3 rings (SSSR count). The van der Waals surface area contributed by atoms with Crippen LogP contribution in [0.25, 0.3) is 0 Å². The van der Waals surface area contributed by atoms with Gasteiger partial charge in [-0.2, -0.15) is 0 Å². The van der Waals surface area contributed by atoms with E-state index in [4.69, 9.17) is 0 Å². The summed E-state index contributed by atoms with van der Waals surface area (Å²) in [5.74, 6) is 0. The van der Waals surface area contributed by atoms with E-state index in [1.165, 1.54) is 49.8 Å². The SMILES string of the molecule is c1cnc2c(c1)CCCC2NC1CCC1. The molecule has 0 spiro atoms. The molecule has 1 atom stereocenters. The maximum absolute atomic E-state index is 4.55. The molecule has 15 heavy (non-hydrogen) atoms. The molecule has 0 radical (unpaired) electrons. The van der Waals surface area contributed by atoms with Gasteiger partial charge in [-0.1, -0.05) is 12.5 Å². The molecule has 0 saturated heterocycles. The third-order valence-corrected chi connectivity index (χ3v) is 3.74. The molecule has 0 bridgehead atoms. The van der Waals surface area contributed by atoms with E-state index in [1.54, 1.807) is 0 Å². The van der Waals surface area contributed by atoms with E-state index in [2.05, 4.69) is 22.4 Å². The highest BCUT2D eigenvalue weighted by Crippen LogP contribution is 2.30. The first kappa shape index (κ1) is 9.34. The molecular formula is C13H18N2. The van der Waals surface area contributed by atoms with Crippen molar-refractivity contribution in [2.24, 2.45) is 0 Å². The number of fused-ring (bicyclic) bond motifs is 1. The zero-order valence-electron chi connectivity index (χ0n) is 9.08. The van der Waals surface area contributed by atoms with Gasteiger partial charge in [-0.05, 0) is 43.7 Å². The standard InChI is InChI=1S/C13H18N2/c1-4-10-5-3-9-14-13(10)12(8-1)15-11-6-2-7-11/h3,5,9,11-12,15H,1-2,4,6-8H2. The molecule has 0 aromatic carbocycles. The minimum atomic E-state index is 0.528. The number of hydrogen-bond donors (Lipinski definition) is 1. The summed E-state index contributed by atoms with van der Waals surface area (Å²) in [6.45, 7) is 0. The quantitative estimate of drug-likeness (QED) is 0.797. The van der Waals surface area contributed by atoms with Crippen LogP contribution in [0.1, 0.15) is 49.4 Å². The lowest BCUT2D eigenvalue weighted by molar-refractivity contribution is 0.287. The molecule has 2 aliphatic rings. The molecule has 0 aliphatic heterocycles. The van der Waals surface area contributed by atoms with Crippen molar-refractivity contribution in [1.82, 2.24) is 10.3 Å². The lowest BCUT2D eigenvalue weighted by atomic mass is 9.87. The van der Waals surface area contributed by atoms with Crippen LogP contribution < -0.4 is 5.32 Å². The van der Waals surface area contributed by atoms with Gasteiger partial charge in [-0.3, -0.25) is 4.98 Å². The predicted octanol–water partition coefficient (Wildman–Crippen LogP) is 2.60. The second-order valence-electron chi connectivity index (χ2n) is 4.79.